The van der Waals surface area contributed by atoms with Crippen molar-refractivity contribution in [1.82, 2.24) is 4.98 Å². The molecule has 12 heavy (non-hydrogen) atoms. The Bertz CT molecular complexity index is 297. The molecule has 0 amide bonds. The molecular weight excluding hydrogens is 154 g/mol. The summed E-state index contributed by atoms with van der Waals surface area (Å²) in [7, 11) is 0. The van der Waals surface area contributed by atoms with E-state index in [1.807, 2.05) is 0 Å². The molecule has 0 spiro atoms. The number of pyridine rings is 1. The van der Waals surface area contributed by atoms with Gasteiger partial charge in [-0.1, -0.05) is 0 Å². The molecule has 0 saturated carbocycles. The number of amidine groups is 2. The molecule has 0 bridgehead atoms. The molecule has 0 aliphatic heterocycles. The zero-order valence-electron chi connectivity index (χ0n) is 6.33. The number of nitrogens with one attached hydrogen (secondary N) is 2. The molecular formula is C7H9N5. The molecule has 0 aromatic carbocycles. The lowest BCUT2D eigenvalue weighted by molar-refractivity contribution is 1.23. The Balaban J connectivity index is 3.27. The van der Waals surface area contributed by atoms with Gasteiger partial charge in [-0.15, -0.1) is 0 Å². The quantitative estimate of drug-likeness (QED) is 0.353. The summed E-state index contributed by atoms with van der Waals surface area (Å²) in [6, 6.07) is 3.25. The van der Waals surface area contributed by atoms with E-state index in [0.29, 0.717) is 5.56 Å². The predicted molar refractivity (Wildman–Crippen MR) is 46.3 cm³/mol. The van der Waals surface area contributed by atoms with E-state index in [-0.39, 0.29) is 17.4 Å². The molecule has 1 heterocycles. The van der Waals surface area contributed by atoms with Gasteiger partial charge in [0.25, 0.3) is 0 Å². The number of aromatic nitrogens is 1. The first-order chi connectivity index (χ1) is 5.63. The van der Waals surface area contributed by atoms with Crippen LogP contribution in [-0.2, 0) is 0 Å². The molecule has 5 nitrogen and oxygen atoms in total. The lowest BCUT2D eigenvalue weighted by Crippen LogP contribution is -2.21. The van der Waals surface area contributed by atoms with Crippen LogP contribution in [0, 0.1) is 10.8 Å². The van der Waals surface area contributed by atoms with Crippen LogP contribution in [0.25, 0.3) is 0 Å². The van der Waals surface area contributed by atoms with Gasteiger partial charge < -0.3 is 11.5 Å². The van der Waals surface area contributed by atoms with Gasteiger partial charge in [-0.3, -0.25) is 15.8 Å². The second-order valence-electron chi connectivity index (χ2n) is 2.23. The first-order valence-corrected chi connectivity index (χ1v) is 3.26. The van der Waals surface area contributed by atoms with Crippen LogP contribution in [-0.4, -0.2) is 16.7 Å². The van der Waals surface area contributed by atoms with Gasteiger partial charge in [-0.25, -0.2) is 0 Å². The Morgan fingerprint density at radius 1 is 1.25 bits per heavy atom. The Morgan fingerprint density at radius 3 is 2.33 bits per heavy atom. The minimum Gasteiger partial charge on any atom is -0.384 e. The Kier molecular flexibility index (Phi) is 2.05. The second-order valence-corrected chi connectivity index (χ2v) is 2.23. The van der Waals surface area contributed by atoms with E-state index in [4.69, 9.17) is 22.3 Å². The number of nitrogen functional groups attached to an aromatic ring is 2. The van der Waals surface area contributed by atoms with Crippen LogP contribution in [0.15, 0.2) is 18.3 Å². The van der Waals surface area contributed by atoms with Crippen LogP contribution < -0.4 is 11.5 Å². The molecule has 1 aromatic heterocycles. The van der Waals surface area contributed by atoms with Crippen LogP contribution in [0.4, 0.5) is 0 Å². The lowest BCUT2D eigenvalue weighted by Gasteiger charge is -2.03. The summed E-state index contributed by atoms with van der Waals surface area (Å²) in [6.45, 7) is 0. The van der Waals surface area contributed by atoms with Gasteiger partial charge in [-0.05, 0) is 12.1 Å². The highest BCUT2D eigenvalue weighted by atomic mass is 14.8. The summed E-state index contributed by atoms with van der Waals surface area (Å²) in [6.07, 6.45) is 1.50. The fraction of sp³-hybridized carbons (Fsp3) is 0. The van der Waals surface area contributed by atoms with E-state index in [9.17, 15) is 0 Å². The molecule has 1 rings (SSSR count). The highest BCUT2D eigenvalue weighted by Gasteiger charge is 2.07. The van der Waals surface area contributed by atoms with Crippen LogP contribution in [0.1, 0.15) is 11.3 Å². The zero-order valence-corrected chi connectivity index (χ0v) is 6.33. The van der Waals surface area contributed by atoms with Gasteiger partial charge in [0, 0.05) is 11.8 Å². The number of hydrogen-bond donors (Lipinski definition) is 4. The Labute approximate surface area is 69.4 Å². The summed E-state index contributed by atoms with van der Waals surface area (Å²) in [5, 5.41) is 14.3. The second kappa shape index (κ2) is 3.00. The van der Waals surface area contributed by atoms with Crippen molar-refractivity contribution in [1.29, 1.82) is 10.8 Å². The SMILES string of the molecule is N=C(N)c1cccnc1C(=N)N. The van der Waals surface area contributed by atoms with Crippen LogP contribution in [0.3, 0.4) is 0 Å². The third-order valence-electron chi connectivity index (χ3n) is 1.35. The molecule has 5 heteroatoms. The normalized spacial score (nSPS) is 9.33. The van der Waals surface area contributed by atoms with Gasteiger partial charge in [-0.2, -0.15) is 0 Å². The van der Waals surface area contributed by atoms with E-state index in [0.717, 1.165) is 0 Å². The molecule has 0 unspecified atom stereocenters. The molecule has 6 N–H and O–H groups in total. The van der Waals surface area contributed by atoms with Gasteiger partial charge in [0.1, 0.15) is 17.4 Å². The third-order valence-corrected chi connectivity index (χ3v) is 1.35. The van der Waals surface area contributed by atoms with Crippen molar-refractivity contribution in [2.45, 2.75) is 0 Å². The summed E-state index contributed by atoms with van der Waals surface area (Å²) in [5.41, 5.74) is 11.1. The standard InChI is InChI=1S/C7H9N5/c8-6(9)4-2-1-3-12-5(4)7(10)11/h1-3H,(H3,8,9)(H3,10,11). The van der Waals surface area contributed by atoms with Crippen molar-refractivity contribution < 1.29 is 0 Å². The highest BCUT2D eigenvalue weighted by molar-refractivity contribution is 6.06. The maximum absolute atomic E-state index is 7.16. The van der Waals surface area contributed by atoms with Gasteiger partial charge in [0.05, 0.1) is 0 Å². The van der Waals surface area contributed by atoms with Crippen molar-refractivity contribution >= 4 is 11.7 Å². The predicted octanol–water partition coefficient (Wildman–Crippen LogP) is -0.350. The van der Waals surface area contributed by atoms with Crippen molar-refractivity contribution in [3.63, 3.8) is 0 Å². The number of nitrogens with two attached hydrogens (primary N) is 2. The topological polar surface area (TPSA) is 113 Å². The Morgan fingerprint density at radius 2 is 1.92 bits per heavy atom. The van der Waals surface area contributed by atoms with Crippen LogP contribution in [0.2, 0.25) is 0 Å². The number of nitrogens with zero attached hydrogens (tertiary/aromatic N) is 1. The van der Waals surface area contributed by atoms with Crippen molar-refractivity contribution in [3.8, 4) is 0 Å². The lowest BCUT2D eigenvalue weighted by atomic mass is 10.1. The van der Waals surface area contributed by atoms with Crippen molar-refractivity contribution in [2.75, 3.05) is 0 Å². The fourth-order valence-electron chi connectivity index (χ4n) is 0.837. The average molecular weight is 163 g/mol. The van der Waals surface area contributed by atoms with E-state index >= 15 is 0 Å². The van der Waals surface area contributed by atoms with Gasteiger partial charge in [0.2, 0.25) is 0 Å². The van der Waals surface area contributed by atoms with E-state index in [1.54, 1.807) is 12.1 Å². The van der Waals surface area contributed by atoms with E-state index < -0.39 is 0 Å². The monoisotopic (exact) mass is 163 g/mol. The van der Waals surface area contributed by atoms with Crippen LogP contribution >= 0.6 is 0 Å². The Hall–Kier alpha value is -1.91. The number of hydrogen-bond acceptors (Lipinski definition) is 3. The molecule has 0 aliphatic rings. The summed E-state index contributed by atoms with van der Waals surface area (Å²) >= 11 is 0. The molecule has 62 valence electrons. The zero-order chi connectivity index (χ0) is 9.14. The molecule has 1 aromatic rings. The minimum absolute atomic E-state index is 0.131. The van der Waals surface area contributed by atoms with E-state index in [1.165, 1.54) is 6.20 Å². The molecule has 0 saturated heterocycles. The van der Waals surface area contributed by atoms with E-state index in [2.05, 4.69) is 4.98 Å². The molecule has 0 fully saturated rings. The first-order valence-electron chi connectivity index (χ1n) is 3.26. The number of rotatable bonds is 2. The van der Waals surface area contributed by atoms with Crippen molar-refractivity contribution in [3.05, 3.63) is 29.6 Å². The molecule has 0 atom stereocenters. The summed E-state index contributed by atoms with van der Waals surface area (Å²) in [5.74, 6) is -0.311. The smallest absolute Gasteiger partial charge is 0.142 e. The first kappa shape index (κ1) is 8.19. The largest absolute Gasteiger partial charge is 0.384 e. The average Bonchev–Trinajstić information content (AvgIpc) is 2.04. The fourth-order valence-corrected chi connectivity index (χ4v) is 0.837. The van der Waals surface area contributed by atoms with Gasteiger partial charge >= 0.3 is 0 Å². The maximum Gasteiger partial charge on any atom is 0.142 e. The molecule has 0 radical (unpaired) electrons. The maximum atomic E-state index is 7.16. The van der Waals surface area contributed by atoms with Crippen molar-refractivity contribution in [2.24, 2.45) is 11.5 Å². The minimum atomic E-state index is -0.180. The third kappa shape index (κ3) is 1.39. The van der Waals surface area contributed by atoms with Gasteiger partial charge in [0.15, 0.2) is 0 Å². The highest BCUT2D eigenvalue weighted by Crippen LogP contribution is 2.02. The van der Waals surface area contributed by atoms with Crippen LogP contribution in [0.5, 0.6) is 0 Å². The summed E-state index contributed by atoms with van der Waals surface area (Å²) in [4.78, 5) is 3.83. The summed E-state index contributed by atoms with van der Waals surface area (Å²) < 4.78 is 0. The molecule has 0 aliphatic carbocycles.